The first kappa shape index (κ1) is 14.0. The highest BCUT2D eigenvalue weighted by Gasteiger charge is 2.21. The zero-order valence-electron chi connectivity index (χ0n) is 11.6. The number of benzene rings is 1. The molecule has 0 fully saturated rings. The van der Waals surface area contributed by atoms with E-state index in [4.69, 9.17) is 4.74 Å². The molecule has 0 aromatic heterocycles. The molecule has 0 saturated carbocycles. The monoisotopic (exact) mass is 263 g/mol. The van der Waals surface area contributed by atoms with E-state index < -0.39 is 0 Å². The smallest absolute Gasteiger partial charge is 0.306 e. The summed E-state index contributed by atoms with van der Waals surface area (Å²) in [4.78, 5) is 13.2. The third-order valence-electron chi connectivity index (χ3n) is 3.50. The van der Waals surface area contributed by atoms with Crippen molar-refractivity contribution in [2.45, 2.75) is 18.9 Å². The summed E-state index contributed by atoms with van der Waals surface area (Å²) in [5.74, 6) is -0.170. The van der Waals surface area contributed by atoms with Crippen molar-refractivity contribution in [2.24, 2.45) is 0 Å². The van der Waals surface area contributed by atoms with Crippen LogP contribution in [0.2, 0.25) is 0 Å². The molecule has 1 aromatic rings. The summed E-state index contributed by atoms with van der Waals surface area (Å²) in [7, 11) is 3.42. The Balaban J connectivity index is 1.91. The van der Waals surface area contributed by atoms with Crippen LogP contribution in [0.1, 0.15) is 23.7 Å². The Hall–Kier alpha value is -1.39. The topological polar surface area (TPSA) is 38.8 Å². The molecule has 0 bridgehead atoms. The quantitative estimate of drug-likeness (QED) is 0.759. The van der Waals surface area contributed by atoms with Crippen LogP contribution >= 0.6 is 0 Å². The summed E-state index contributed by atoms with van der Waals surface area (Å²) in [6, 6.07) is 8.42. The van der Waals surface area contributed by atoms with Gasteiger partial charge in [-0.1, -0.05) is 24.3 Å². The van der Waals surface area contributed by atoms with Crippen LogP contribution in [-0.2, 0) is 20.7 Å². The number of hydrogen-bond donors (Lipinski definition) is 0. The van der Waals surface area contributed by atoms with Crippen molar-refractivity contribution in [3.63, 3.8) is 0 Å². The van der Waals surface area contributed by atoms with E-state index in [1.54, 1.807) is 0 Å². The van der Waals surface area contributed by atoms with E-state index in [0.29, 0.717) is 13.0 Å². The lowest BCUT2D eigenvalue weighted by Gasteiger charge is -2.29. The Morgan fingerprint density at radius 2 is 2.26 bits per heavy atom. The predicted octanol–water partition coefficient (Wildman–Crippen LogP) is 1.80. The molecule has 0 radical (unpaired) electrons. The van der Waals surface area contributed by atoms with Crippen LogP contribution in [0.5, 0.6) is 0 Å². The number of likely N-dealkylation sites (N-methyl/N-ethyl adjacent to an activating group) is 1. The lowest BCUT2D eigenvalue weighted by Crippen LogP contribution is -2.31. The van der Waals surface area contributed by atoms with E-state index in [2.05, 4.69) is 33.9 Å². The first-order chi connectivity index (χ1) is 9.20. The van der Waals surface area contributed by atoms with E-state index in [9.17, 15) is 4.79 Å². The molecular formula is C15H21NO3. The van der Waals surface area contributed by atoms with Crippen molar-refractivity contribution < 1.29 is 14.3 Å². The highest BCUT2D eigenvalue weighted by Crippen LogP contribution is 2.27. The van der Waals surface area contributed by atoms with E-state index in [1.165, 1.54) is 18.2 Å². The predicted molar refractivity (Wildman–Crippen MR) is 73.0 cm³/mol. The highest BCUT2D eigenvalue weighted by atomic mass is 16.5. The van der Waals surface area contributed by atoms with Crippen molar-refractivity contribution in [2.75, 3.05) is 33.9 Å². The minimum absolute atomic E-state index is 0.104. The molecule has 0 aliphatic carbocycles. The second-order valence-electron chi connectivity index (χ2n) is 4.90. The van der Waals surface area contributed by atoms with Gasteiger partial charge >= 0.3 is 5.97 Å². The number of esters is 1. The standard InChI is InChI=1S/C15H21NO3/c1-16(9-7-15(17)18-2)11-14-13-6-4-3-5-12(13)8-10-19-14/h3-6,14H,7-11H2,1-2H3. The second kappa shape index (κ2) is 6.68. The Labute approximate surface area is 114 Å². The van der Waals surface area contributed by atoms with E-state index >= 15 is 0 Å². The van der Waals surface area contributed by atoms with Crippen molar-refractivity contribution in [3.05, 3.63) is 35.4 Å². The summed E-state index contributed by atoms with van der Waals surface area (Å²) in [5, 5.41) is 0. The largest absolute Gasteiger partial charge is 0.469 e. The number of fused-ring (bicyclic) bond motifs is 1. The Morgan fingerprint density at radius 1 is 1.47 bits per heavy atom. The molecule has 2 rings (SSSR count). The fourth-order valence-corrected chi connectivity index (χ4v) is 2.39. The number of hydrogen-bond acceptors (Lipinski definition) is 4. The third kappa shape index (κ3) is 3.78. The van der Waals surface area contributed by atoms with Crippen LogP contribution in [0, 0.1) is 0 Å². The number of carbonyl (C=O) groups is 1. The molecule has 4 heteroatoms. The Morgan fingerprint density at radius 3 is 3.05 bits per heavy atom. The van der Waals surface area contributed by atoms with Crippen molar-refractivity contribution >= 4 is 5.97 Å². The second-order valence-corrected chi connectivity index (χ2v) is 4.90. The van der Waals surface area contributed by atoms with Gasteiger partial charge in [-0.05, 0) is 24.6 Å². The van der Waals surface area contributed by atoms with Crippen LogP contribution in [-0.4, -0.2) is 44.7 Å². The Kier molecular flexibility index (Phi) is 4.93. The molecule has 0 amide bonds. The Bertz CT molecular complexity index is 433. The number of ether oxygens (including phenoxy) is 2. The maximum atomic E-state index is 11.1. The summed E-state index contributed by atoms with van der Waals surface area (Å²) in [6.07, 6.45) is 1.51. The zero-order valence-corrected chi connectivity index (χ0v) is 11.6. The first-order valence-corrected chi connectivity index (χ1v) is 6.65. The SMILES string of the molecule is COC(=O)CCN(C)CC1OCCc2ccccc21. The lowest BCUT2D eigenvalue weighted by molar-refractivity contribution is -0.141. The van der Waals surface area contributed by atoms with Crippen LogP contribution in [0.3, 0.4) is 0 Å². The maximum absolute atomic E-state index is 11.1. The van der Waals surface area contributed by atoms with Crippen molar-refractivity contribution in [3.8, 4) is 0 Å². The van der Waals surface area contributed by atoms with Crippen molar-refractivity contribution in [1.82, 2.24) is 4.90 Å². The number of carbonyl (C=O) groups excluding carboxylic acids is 1. The van der Waals surface area contributed by atoms with Gasteiger partial charge in [-0.15, -0.1) is 0 Å². The first-order valence-electron chi connectivity index (χ1n) is 6.65. The molecule has 1 aromatic carbocycles. The molecule has 1 atom stereocenters. The van der Waals surface area contributed by atoms with Gasteiger partial charge in [0, 0.05) is 13.1 Å². The van der Waals surface area contributed by atoms with Crippen LogP contribution < -0.4 is 0 Å². The van der Waals surface area contributed by atoms with Gasteiger partial charge in [-0.25, -0.2) is 0 Å². The molecule has 0 saturated heterocycles. The molecular weight excluding hydrogens is 242 g/mol. The van der Waals surface area contributed by atoms with Gasteiger partial charge in [0.1, 0.15) is 0 Å². The van der Waals surface area contributed by atoms with E-state index in [-0.39, 0.29) is 12.1 Å². The summed E-state index contributed by atoms with van der Waals surface area (Å²) in [6.45, 7) is 2.26. The van der Waals surface area contributed by atoms with Crippen LogP contribution in [0.4, 0.5) is 0 Å². The summed E-state index contributed by atoms with van der Waals surface area (Å²) in [5.41, 5.74) is 2.65. The number of nitrogens with zero attached hydrogens (tertiary/aromatic N) is 1. The van der Waals surface area contributed by atoms with Gasteiger partial charge in [-0.3, -0.25) is 4.79 Å². The van der Waals surface area contributed by atoms with Gasteiger partial charge in [0.2, 0.25) is 0 Å². The fourth-order valence-electron chi connectivity index (χ4n) is 2.39. The average Bonchev–Trinajstić information content (AvgIpc) is 2.45. The summed E-state index contributed by atoms with van der Waals surface area (Å²) >= 11 is 0. The minimum atomic E-state index is -0.170. The molecule has 104 valence electrons. The van der Waals surface area contributed by atoms with Crippen molar-refractivity contribution in [1.29, 1.82) is 0 Å². The van der Waals surface area contributed by atoms with Gasteiger partial charge in [0.05, 0.1) is 26.2 Å². The minimum Gasteiger partial charge on any atom is -0.469 e. The molecule has 1 unspecified atom stereocenters. The zero-order chi connectivity index (χ0) is 13.7. The molecule has 4 nitrogen and oxygen atoms in total. The van der Waals surface area contributed by atoms with Gasteiger partial charge < -0.3 is 14.4 Å². The molecule has 0 spiro atoms. The normalized spacial score (nSPS) is 18.2. The molecule has 1 heterocycles. The van der Waals surface area contributed by atoms with Gasteiger partial charge in [-0.2, -0.15) is 0 Å². The highest BCUT2D eigenvalue weighted by molar-refractivity contribution is 5.69. The summed E-state index contributed by atoms with van der Waals surface area (Å²) < 4.78 is 10.5. The maximum Gasteiger partial charge on any atom is 0.306 e. The van der Waals surface area contributed by atoms with E-state index in [0.717, 1.165) is 19.6 Å². The van der Waals surface area contributed by atoms with E-state index in [1.807, 2.05) is 7.05 Å². The molecule has 19 heavy (non-hydrogen) atoms. The van der Waals surface area contributed by atoms with Crippen LogP contribution in [0.25, 0.3) is 0 Å². The lowest BCUT2D eigenvalue weighted by atomic mass is 9.97. The van der Waals surface area contributed by atoms with Crippen LogP contribution in [0.15, 0.2) is 24.3 Å². The van der Waals surface area contributed by atoms with Gasteiger partial charge in [0.25, 0.3) is 0 Å². The number of methoxy groups -OCH3 is 1. The fraction of sp³-hybridized carbons (Fsp3) is 0.533. The average molecular weight is 263 g/mol. The molecule has 0 N–H and O–H groups in total. The third-order valence-corrected chi connectivity index (χ3v) is 3.50. The van der Waals surface area contributed by atoms with Gasteiger partial charge in [0.15, 0.2) is 0 Å². The molecule has 1 aliphatic heterocycles. The molecule has 1 aliphatic rings. The number of rotatable bonds is 5.